The first-order valence-electron chi connectivity index (χ1n) is 5.51. The Labute approximate surface area is 109 Å². The van der Waals surface area contributed by atoms with E-state index in [2.05, 4.69) is 15.3 Å². The van der Waals surface area contributed by atoms with Crippen LogP contribution >= 0.6 is 11.6 Å². The van der Waals surface area contributed by atoms with Gasteiger partial charge < -0.3 is 10.2 Å². The molecular weight excluding hydrogens is 256 g/mol. The molecule has 1 aromatic rings. The van der Waals surface area contributed by atoms with E-state index < -0.39 is 5.54 Å². The fourth-order valence-electron chi connectivity index (χ4n) is 1.84. The summed E-state index contributed by atoms with van der Waals surface area (Å²) in [6.45, 7) is 4.25. The Hall–Kier alpha value is -1.69. The standard InChI is InChI=1S/C11H13ClN4O2/c1-11(2)10(18)14-3-4-16(11)9(17)7-5-13-6-8(12)15-7/h5-6H,3-4H2,1-2H3,(H,14,18). The predicted octanol–water partition coefficient (Wildman–Crippen LogP) is 0.481. The second-order valence-electron chi connectivity index (χ2n) is 4.50. The molecule has 0 unspecified atom stereocenters. The van der Waals surface area contributed by atoms with Crippen molar-refractivity contribution in [1.29, 1.82) is 0 Å². The minimum Gasteiger partial charge on any atom is -0.352 e. The molecule has 0 aromatic carbocycles. The molecule has 1 fully saturated rings. The summed E-state index contributed by atoms with van der Waals surface area (Å²) in [6, 6.07) is 0. The third-order valence-corrected chi connectivity index (χ3v) is 3.10. The highest BCUT2D eigenvalue weighted by Crippen LogP contribution is 2.20. The van der Waals surface area contributed by atoms with Gasteiger partial charge in [-0.25, -0.2) is 4.98 Å². The highest BCUT2D eigenvalue weighted by Gasteiger charge is 2.41. The number of rotatable bonds is 1. The van der Waals surface area contributed by atoms with Crippen molar-refractivity contribution in [2.24, 2.45) is 0 Å². The summed E-state index contributed by atoms with van der Waals surface area (Å²) in [5.74, 6) is -0.526. The van der Waals surface area contributed by atoms with E-state index in [-0.39, 0.29) is 22.7 Å². The molecule has 6 nitrogen and oxygen atoms in total. The average Bonchev–Trinajstić information content (AvgIpc) is 2.32. The zero-order chi connectivity index (χ0) is 13.3. The van der Waals surface area contributed by atoms with Crippen molar-refractivity contribution in [2.75, 3.05) is 13.1 Å². The molecule has 1 saturated heterocycles. The minimum atomic E-state index is -0.903. The van der Waals surface area contributed by atoms with E-state index in [0.717, 1.165) is 0 Å². The number of piperazine rings is 1. The monoisotopic (exact) mass is 268 g/mol. The zero-order valence-electron chi connectivity index (χ0n) is 10.1. The van der Waals surface area contributed by atoms with Gasteiger partial charge in [-0.2, -0.15) is 0 Å². The number of hydrogen-bond acceptors (Lipinski definition) is 4. The van der Waals surface area contributed by atoms with Crippen molar-refractivity contribution in [3.8, 4) is 0 Å². The average molecular weight is 269 g/mol. The summed E-state index contributed by atoms with van der Waals surface area (Å²) in [5.41, 5.74) is -0.760. The lowest BCUT2D eigenvalue weighted by molar-refractivity contribution is -0.133. The Morgan fingerprint density at radius 1 is 1.50 bits per heavy atom. The molecule has 1 aliphatic heterocycles. The first kappa shape index (κ1) is 12.8. The van der Waals surface area contributed by atoms with Gasteiger partial charge in [-0.05, 0) is 13.8 Å². The van der Waals surface area contributed by atoms with Crippen LogP contribution in [0.25, 0.3) is 0 Å². The smallest absolute Gasteiger partial charge is 0.275 e. The van der Waals surface area contributed by atoms with Gasteiger partial charge in [0.25, 0.3) is 5.91 Å². The lowest BCUT2D eigenvalue weighted by atomic mass is 9.98. The van der Waals surface area contributed by atoms with E-state index >= 15 is 0 Å². The summed E-state index contributed by atoms with van der Waals surface area (Å²) in [5, 5.41) is 2.88. The minimum absolute atomic E-state index is 0.144. The van der Waals surface area contributed by atoms with Crippen LogP contribution in [0.15, 0.2) is 12.4 Å². The molecule has 0 bridgehead atoms. The van der Waals surface area contributed by atoms with E-state index in [9.17, 15) is 9.59 Å². The highest BCUT2D eigenvalue weighted by molar-refractivity contribution is 6.29. The van der Waals surface area contributed by atoms with Crippen molar-refractivity contribution in [3.05, 3.63) is 23.2 Å². The topological polar surface area (TPSA) is 75.2 Å². The normalized spacial score (nSPS) is 18.4. The molecule has 7 heteroatoms. The maximum Gasteiger partial charge on any atom is 0.275 e. The van der Waals surface area contributed by atoms with Crippen LogP contribution in [0, 0.1) is 0 Å². The summed E-state index contributed by atoms with van der Waals surface area (Å²) >= 11 is 5.70. The van der Waals surface area contributed by atoms with Crippen molar-refractivity contribution in [3.63, 3.8) is 0 Å². The number of halogens is 1. The molecule has 0 spiro atoms. The number of hydrogen-bond donors (Lipinski definition) is 1. The Balaban J connectivity index is 2.31. The van der Waals surface area contributed by atoms with Crippen LogP contribution in [-0.4, -0.2) is 45.3 Å². The van der Waals surface area contributed by atoms with Crippen LogP contribution in [-0.2, 0) is 4.79 Å². The maximum absolute atomic E-state index is 12.3. The fourth-order valence-corrected chi connectivity index (χ4v) is 1.99. The van der Waals surface area contributed by atoms with Crippen LogP contribution in [0.4, 0.5) is 0 Å². The van der Waals surface area contributed by atoms with Gasteiger partial charge >= 0.3 is 0 Å². The molecule has 18 heavy (non-hydrogen) atoms. The van der Waals surface area contributed by atoms with Crippen LogP contribution in [0.3, 0.4) is 0 Å². The first-order chi connectivity index (χ1) is 8.43. The molecule has 1 N–H and O–H groups in total. The number of carbonyl (C=O) groups is 2. The largest absolute Gasteiger partial charge is 0.352 e. The van der Waals surface area contributed by atoms with E-state index in [1.165, 1.54) is 17.3 Å². The van der Waals surface area contributed by atoms with Crippen LogP contribution in [0.5, 0.6) is 0 Å². The summed E-state index contributed by atoms with van der Waals surface area (Å²) in [6.07, 6.45) is 2.70. The van der Waals surface area contributed by atoms with E-state index in [1.54, 1.807) is 13.8 Å². The lowest BCUT2D eigenvalue weighted by Crippen LogP contribution is -2.63. The molecule has 0 aliphatic carbocycles. The van der Waals surface area contributed by atoms with Gasteiger partial charge in [-0.3, -0.25) is 14.6 Å². The molecule has 1 aromatic heterocycles. The Bertz CT molecular complexity index is 504. The number of amides is 2. The zero-order valence-corrected chi connectivity index (χ0v) is 10.9. The van der Waals surface area contributed by atoms with Crippen LogP contribution in [0.1, 0.15) is 24.3 Å². The molecule has 0 saturated carbocycles. The molecule has 2 heterocycles. The Morgan fingerprint density at radius 3 is 2.89 bits per heavy atom. The van der Waals surface area contributed by atoms with Crippen molar-refractivity contribution in [2.45, 2.75) is 19.4 Å². The van der Waals surface area contributed by atoms with Gasteiger partial charge in [0.1, 0.15) is 16.4 Å². The second-order valence-corrected chi connectivity index (χ2v) is 4.89. The van der Waals surface area contributed by atoms with Crippen molar-refractivity contribution < 1.29 is 9.59 Å². The molecule has 0 atom stereocenters. The number of carbonyl (C=O) groups excluding carboxylic acids is 2. The SMILES string of the molecule is CC1(C)C(=O)NCCN1C(=O)c1cncc(Cl)n1. The summed E-state index contributed by atoms with van der Waals surface area (Å²) in [4.78, 5) is 33.3. The molecule has 2 rings (SSSR count). The van der Waals surface area contributed by atoms with Gasteiger partial charge in [-0.1, -0.05) is 11.6 Å². The van der Waals surface area contributed by atoms with E-state index in [1.807, 2.05) is 0 Å². The third kappa shape index (κ3) is 2.15. The molecule has 0 radical (unpaired) electrons. The Kier molecular flexibility index (Phi) is 3.21. The predicted molar refractivity (Wildman–Crippen MR) is 65.2 cm³/mol. The van der Waals surface area contributed by atoms with Crippen molar-refractivity contribution in [1.82, 2.24) is 20.2 Å². The van der Waals surface area contributed by atoms with E-state index in [4.69, 9.17) is 11.6 Å². The number of nitrogens with one attached hydrogen (secondary N) is 1. The molecular formula is C11H13ClN4O2. The Morgan fingerprint density at radius 2 is 2.22 bits per heavy atom. The van der Waals surface area contributed by atoms with E-state index in [0.29, 0.717) is 13.1 Å². The molecule has 2 amide bonds. The first-order valence-corrected chi connectivity index (χ1v) is 5.88. The van der Waals surface area contributed by atoms with Crippen LogP contribution in [0.2, 0.25) is 5.15 Å². The third-order valence-electron chi connectivity index (χ3n) is 2.92. The number of aromatic nitrogens is 2. The van der Waals surface area contributed by atoms with Gasteiger partial charge in [0.15, 0.2) is 0 Å². The van der Waals surface area contributed by atoms with Gasteiger partial charge in [0, 0.05) is 13.1 Å². The highest BCUT2D eigenvalue weighted by atomic mass is 35.5. The van der Waals surface area contributed by atoms with Gasteiger partial charge in [0.2, 0.25) is 5.91 Å². The van der Waals surface area contributed by atoms with Gasteiger partial charge in [0.05, 0.1) is 12.4 Å². The molecule has 96 valence electrons. The van der Waals surface area contributed by atoms with Crippen LogP contribution < -0.4 is 5.32 Å². The fraction of sp³-hybridized carbons (Fsp3) is 0.455. The number of nitrogens with zero attached hydrogens (tertiary/aromatic N) is 3. The quantitative estimate of drug-likeness (QED) is 0.804. The van der Waals surface area contributed by atoms with Crippen molar-refractivity contribution >= 4 is 23.4 Å². The maximum atomic E-state index is 12.3. The van der Waals surface area contributed by atoms with Gasteiger partial charge in [-0.15, -0.1) is 0 Å². The summed E-state index contributed by atoms with van der Waals surface area (Å²) in [7, 11) is 0. The lowest BCUT2D eigenvalue weighted by Gasteiger charge is -2.40. The molecule has 1 aliphatic rings. The summed E-state index contributed by atoms with van der Waals surface area (Å²) < 4.78 is 0. The second kappa shape index (κ2) is 4.53.